The van der Waals surface area contributed by atoms with Gasteiger partial charge in [-0.05, 0) is 18.2 Å². The average Bonchev–Trinajstić information content (AvgIpc) is 2.75. The Kier molecular flexibility index (Phi) is 4.86. The molecule has 0 saturated carbocycles. The number of thioether (sulfide) groups is 1. The van der Waals surface area contributed by atoms with Gasteiger partial charge in [-0.3, -0.25) is 0 Å². The quantitative estimate of drug-likeness (QED) is 0.455. The van der Waals surface area contributed by atoms with E-state index in [1.807, 2.05) is 18.2 Å². The minimum Gasteiger partial charge on any atom is -0.399 e. The molecule has 0 amide bonds. The monoisotopic (exact) mass is 267 g/mol. The van der Waals surface area contributed by atoms with Gasteiger partial charge in [0.15, 0.2) is 5.16 Å². The molecule has 1 heterocycles. The molecule has 0 aliphatic carbocycles. The number of methoxy groups -OCH3 is 1. The lowest BCUT2D eigenvalue weighted by atomic mass is 10.3. The standard InChI is InChI=1S/C12H17N3O2S/c1-16-4-5-17-6-7-18-12-14-10-3-2-9(13)8-11(10)15-12/h2-3,8H,4-7,13H2,1H3,(H,14,15). The van der Waals surface area contributed by atoms with Crippen molar-refractivity contribution in [1.82, 2.24) is 9.97 Å². The van der Waals surface area contributed by atoms with Crippen molar-refractivity contribution in [2.75, 3.05) is 38.4 Å². The van der Waals surface area contributed by atoms with E-state index in [-0.39, 0.29) is 0 Å². The Hall–Kier alpha value is -1.24. The summed E-state index contributed by atoms with van der Waals surface area (Å²) in [7, 11) is 1.66. The average molecular weight is 267 g/mol. The fourth-order valence-electron chi connectivity index (χ4n) is 1.51. The summed E-state index contributed by atoms with van der Waals surface area (Å²) in [4.78, 5) is 7.69. The number of anilines is 1. The number of nitrogen functional groups attached to an aromatic ring is 1. The van der Waals surface area contributed by atoms with Crippen LogP contribution in [0.2, 0.25) is 0 Å². The number of hydrogen-bond donors (Lipinski definition) is 2. The van der Waals surface area contributed by atoms with Gasteiger partial charge in [0.25, 0.3) is 0 Å². The van der Waals surface area contributed by atoms with Crippen LogP contribution in [-0.2, 0) is 9.47 Å². The number of fused-ring (bicyclic) bond motifs is 1. The van der Waals surface area contributed by atoms with Crippen molar-refractivity contribution in [3.8, 4) is 0 Å². The van der Waals surface area contributed by atoms with Gasteiger partial charge in [-0.15, -0.1) is 0 Å². The number of nitrogens with one attached hydrogen (secondary N) is 1. The first-order valence-electron chi connectivity index (χ1n) is 5.74. The third-order valence-corrected chi connectivity index (χ3v) is 3.22. The Morgan fingerprint density at radius 2 is 2.22 bits per heavy atom. The lowest BCUT2D eigenvalue weighted by Gasteiger charge is -2.01. The number of H-pyrrole nitrogens is 1. The normalized spacial score (nSPS) is 11.2. The third-order valence-electron chi connectivity index (χ3n) is 2.38. The molecule has 2 aromatic rings. The number of hydrogen-bond acceptors (Lipinski definition) is 5. The maximum absolute atomic E-state index is 5.71. The fourth-order valence-corrected chi connectivity index (χ4v) is 2.25. The molecule has 18 heavy (non-hydrogen) atoms. The molecular weight excluding hydrogens is 250 g/mol. The van der Waals surface area contributed by atoms with Gasteiger partial charge in [0, 0.05) is 18.6 Å². The summed E-state index contributed by atoms with van der Waals surface area (Å²) in [6.07, 6.45) is 0. The van der Waals surface area contributed by atoms with E-state index in [1.165, 1.54) is 0 Å². The Morgan fingerprint density at radius 1 is 1.33 bits per heavy atom. The molecule has 1 aromatic heterocycles. The number of rotatable bonds is 7. The molecule has 0 radical (unpaired) electrons. The highest BCUT2D eigenvalue weighted by atomic mass is 32.2. The second-order valence-corrected chi connectivity index (χ2v) is 4.86. The number of ether oxygens (including phenoxy) is 2. The summed E-state index contributed by atoms with van der Waals surface area (Å²) in [5, 5.41) is 0.894. The molecule has 0 saturated heterocycles. The van der Waals surface area contributed by atoms with Crippen LogP contribution in [0.15, 0.2) is 23.4 Å². The highest BCUT2D eigenvalue weighted by Crippen LogP contribution is 2.20. The fraction of sp³-hybridized carbons (Fsp3) is 0.417. The molecular formula is C12H17N3O2S. The first-order chi connectivity index (χ1) is 8.79. The molecule has 1 aromatic carbocycles. The number of nitrogens with zero attached hydrogens (tertiary/aromatic N) is 1. The maximum atomic E-state index is 5.71. The van der Waals surface area contributed by atoms with Gasteiger partial charge in [-0.2, -0.15) is 0 Å². The summed E-state index contributed by atoms with van der Waals surface area (Å²) in [6, 6.07) is 5.66. The number of nitrogens with two attached hydrogens (primary N) is 1. The van der Waals surface area contributed by atoms with Crippen LogP contribution < -0.4 is 5.73 Å². The van der Waals surface area contributed by atoms with E-state index in [0.717, 1.165) is 27.6 Å². The van der Waals surface area contributed by atoms with E-state index in [4.69, 9.17) is 15.2 Å². The van der Waals surface area contributed by atoms with Gasteiger partial charge in [-0.1, -0.05) is 11.8 Å². The first kappa shape index (κ1) is 13.2. The molecule has 0 spiro atoms. The second-order valence-electron chi connectivity index (χ2n) is 3.77. The van der Waals surface area contributed by atoms with Crippen LogP contribution in [0.1, 0.15) is 0 Å². The number of aromatic nitrogens is 2. The molecule has 0 bridgehead atoms. The summed E-state index contributed by atoms with van der Waals surface area (Å²) < 4.78 is 10.3. The van der Waals surface area contributed by atoms with Crippen molar-refractivity contribution in [1.29, 1.82) is 0 Å². The zero-order chi connectivity index (χ0) is 12.8. The van der Waals surface area contributed by atoms with Gasteiger partial charge in [-0.25, -0.2) is 4.98 Å². The van der Waals surface area contributed by atoms with Gasteiger partial charge < -0.3 is 20.2 Å². The molecule has 3 N–H and O–H groups in total. The van der Waals surface area contributed by atoms with E-state index >= 15 is 0 Å². The van der Waals surface area contributed by atoms with Crippen molar-refractivity contribution < 1.29 is 9.47 Å². The Balaban J connectivity index is 1.81. The third kappa shape index (κ3) is 3.63. The number of benzene rings is 1. The summed E-state index contributed by atoms with van der Waals surface area (Å²) in [5.74, 6) is 0.860. The van der Waals surface area contributed by atoms with E-state index in [9.17, 15) is 0 Å². The van der Waals surface area contributed by atoms with Crippen LogP contribution in [0.4, 0.5) is 5.69 Å². The smallest absolute Gasteiger partial charge is 0.166 e. The van der Waals surface area contributed by atoms with Crippen molar-refractivity contribution in [3.05, 3.63) is 18.2 Å². The van der Waals surface area contributed by atoms with Gasteiger partial charge in [0.2, 0.25) is 0 Å². The molecule has 0 aliphatic heterocycles. The Bertz CT molecular complexity index is 501. The Labute approximate surface area is 110 Å². The van der Waals surface area contributed by atoms with E-state index in [1.54, 1.807) is 18.9 Å². The largest absolute Gasteiger partial charge is 0.399 e. The molecule has 0 unspecified atom stereocenters. The predicted molar refractivity (Wildman–Crippen MR) is 73.9 cm³/mol. The van der Waals surface area contributed by atoms with Crippen molar-refractivity contribution in [2.24, 2.45) is 0 Å². The first-order valence-corrected chi connectivity index (χ1v) is 6.73. The summed E-state index contributed by atoms with van der Waals surface area (Å²) in [6.45, 7) is 1.95. The van der Waals surface area contributed by atoms with Gasteiger partial charge >= 0.3 is 0 Å². The second kappa shape index (κ2) is 6.63. The highest BCUT2D eigenvalue weighted by Gasteiger charge is 2.03. The van der Waals surface area contributed by atoms with Crippen molar-refractivity contribution in [3.63, 3.8) is 0 Å². The minimum atomic E-state index is 0.633. The van der Waals surface area contributed by atoms with Crippen LogP contribution in [-0.4, -0.2) is 42.7 Å². The minimum absolute atomic E-state index is 0.633. The predicted octanol–water partition coefficient (Wildman–Crippen LogP) is 1.90. The van der Waals surface area contributed by atoms with E-state index < -0.39 is 0 Å². The van der Waals surface area contributed by atoms with Crippen molar-refractivity contribution >= 4 is 28.5 Å². The van der Waals surface area contributed by atoms with Crippen LogP contribution in [0.25, 0.3) is 11.0 Å². The number of aromatic amines is 1. The highest BCUT2D eigenvalue weighted by molar-refractivity contribution is 7.99. The maximum Gasteiger partial charge on any atom is 0.166 e. The molecule has 2 rings (SSSR count). The Morgan fingerprint density at radius 3 is 3.06 bits per heavy atom. The molecule has 0 fully saturated rings. The molecule has 98 valence electrons. The number of imidazole rings is 1. The SMILES string of the molecule is COCCOCCSc1nc2ccc(N)cc2[nH]1. The van der Waals surface area contributed by atoms with Crippen LogP contribution >= 0.6 is 11.8 Å². The van der Waals surface area contributed by atoms with Gasteiger partial charge in [0.1, 0.15) is 0 Å². The molecule has 0 atom stereocenters. The lowest BCUT2D eigenvalue weighted by molar-refractivity contribution is 0.0790. The van der Waals surface area contributed by atoms with Crippen LogP contribution in [0.5, 0.6) is 0 Å². The zero-order valence-corrected chi connectivity index (χ0v) is 11.1. The molecule has 6 heteroatoms. The summed E-state index contributed by atoms with van der Waals surface area (Å²) in [5.41, 5.74) is 8.36. The van der Waals surface area contributed by atoms with E-state index in [2.05, 4.69) is 9.97 Å². The molecule has 0 aliphatic rings. The van der Waals surface area contributed by atoms with Gasteiger partial charge in [0.05, 0.1) is 30.9 Å². The van der Waals surface area contributed by atoms with E-state index in [0.29, 0.717) is 19.8 Å². The zero-order valence-electron chi connectivity index (χ0n) is 10.3. The van der Waals surface area contributed by atoms with Crippen LogP contribution in [0.3, 0.4) is 0 Å². The van der Waals surface area contributed by atoms with Crippen molar-refractivity contribution in [2.45, 2.75) is 5.16 Å². The lowest BCUT2D eigenvalue weighted by Crippen LogP contribution is -2.04. The van der Waals surface area contributed by atoms with Crippen LogP contribution in [0, 0.1) is 0 Å². The molecule has 5 nitrogen and oxygen atoms in total. The summed E-state index contributed by atoms with van der Waals surface area (Å²) >= 11 is 1.64. The topological polar surface area (TPSA) is 73.2 Å².